The second-order valence-electron chi connectivity index (χ2n) is 9.30. The third-order valence-corrected chi connectivity index (χ3v) is 6.68. The van der Waals surface area contributed by atoms with Gasteiger partial charge in [0.15, 0.2) is 6.04 Å². The summed E-state index contributed by atoms with van der Waals surface area (Å²) < 4.78 is 18.7. The van der Waals surface area contributed by atoms with Crippen LogP contribution in [0.3, 0.4) is 0 Å². The zero-order valence-corrected chi connectivity index (χ0v) is 21.5. The fourth-order valence-corrected chi connectivity index (χ4v) is 4.73. The predicted molar refractivity (Wildman–Crippen MR) is 139 cm³/mol. The minimum Gasteiger partial charge on any atom is -0.496 e. The van der Waals surface area contributed by atoms with E-state index in [1.165, 1.54) is 4.90 Å². The highest BCUT2D eigenvalue weighted by Crippen LogP contribution is 2.29. The molecule has 1 aliphatic rings. The van der Waals surface area contributed by atoms with Crippen molar-refractivity contribution in [3.05, 3.63) is 77.7 Å². The van der Waals surface area contributed by atoms with E-state index in [9.17, 15) is 9.59 Å². The molecule has 2 atom stereocenters. The number of furan rings is 1. The molecule has 2 aromatic carbocycles. The average Bonchev–Trinajstić information content (AvgIpc) is 3.69. The Hall–Kier alpha value is -4.18. The van der Waals surface area contributed by atoms with Crippen LogP contribution in [0.15, 0.2) is 65.1 Å². The molecule has 2 amide bonds. The number of fused-ring (bicyclic) bond motifs is 1. The summed E-state index contributed by atoms with van der Waals surface area (Å²) >= 11 is 0. The van der Waals surface area contributed by atoms with Crippen molar-refractivity contribution in [2.75, 3.05) is 20.3 Å². The highest BCUT2D eigenvalue weighted by molar-refractivity contribution is 5.89. The van der Waals surface area contributed by atoms with Crippen molar-refractivity contribution in [1.29, 1.82) is 0 Å². The highest BCUT2D eigenvalue weighted by atomic mass is 16.5. The van der Waals surface area contributed by atoms with Gasteiger partial charge in [0.2, 0.25) is 5.91 Å². The van der Waals surface area contributed by atoms with Crippen molar-refractivity contribution in [3.63, 3.8) is 0 Å². The smallest absolute Gasteiger partial charge is 0.250 e. The Kier molecular flexibility index (Phi) is 7.69. The highest BCUT2D eigenvalue weighted by Gasteiger charge is 2.35. The van der Waals surface area contributed by atoms with Gasteiger partial charge in [0.1, 0.15) is 29.3 Å². The third kappa shape index (κ3) is 5.55. The van der Waals surface area contributed by atoms with Crippen LogP contribution in [0.1, 0.15) is 36.0 Å². The second-order valence-corrected chi connectivity index (χ2v) is 9.30. The molecule has 1 aliphatic heterocycles. The van der Waals surface area contributed by atoms with Crippen molar-refractivity contribution in [2.24, 2.45) is 0 Å². The van der Waals surface area contributed by atoms with E-state index in [0.29, 0.717) is 35.9 Å². The fourth-order valence-electron chi connectivity index (χ4n) is 4.73. The van der Waals surface area contributed by atoms with Gasteiger partial charge in [-0.25, -0.2) is 4.68 Å². The van der Waals surface area contributed by atoms with Gasteiger partial charge < -0.3 is 24.1 Å². The molecule has 0 spiro atoms. The van der Waals surface area contributed by atoms with Crippen LogP contribution in [0.5, 0.6) is 5.75 Å². The van der Waals surface area contributed by atoms with Gasteiger partial charge in [0.05, 0.1) is 25.3 Å². The minimum absolute atomic E-state index is 0.0437. The number of hydrogen-bond donors (Lipinski definition) is 1. The Balaban J connectivity index is 1.50. The lowest BCUT2D eigenvalue weighted by Gasteiger charge is -2.30. The van der Waals surface area contributed by atoms with Crippen LogP contribution in [0, 0.1) is 6.92 Å². The molecule has 0 unspecified atom stereocenters. The molecule has 0 aliphatic carbocycles. The molecule has 10 heteroatoms. The summed E-state index contributed by atoms with van der Waals surface area (Å²) in [6.07, 6.45) is 1.80. The van der Waals surface area contributed by atoms with Crippen LogP contribution in [0.4, 0.5) is 0 Å². The second kappa shape index (κ2) is 11.5. The van der Waals surface area contributed by atoms with E-state index in [4.69, 9.17) is 13.9 Å². The Morgan fingerprint density at radius 2 is 1.97 bits per heavy atom. The van der Waals surface area contributed by atoms with Gasteiger partial charge in [-0.15, -0.1) is 5.10 Å². The molecule has 1 fully saturated rings. The number of nitrogens with one attached hydrogen (secondary N) is 1. The van der Waals surface area contributed by atoms with E-state index >= 15 is 0 Å². The normalized spacial score (nSPS) is 15.9. The van der Waals surface area contributed by atoms with E-state index in [1.54, 1.807) is 30.8 Å². The number of carbonyl (C=O) groups excluding carboxylic acids is 2. The Bertz CT molecular complexity index is 1410. The molecule has 5 rings (SSSR count). The first-order valence-corrected chi connectivity index (χ1v) is 12.7. The number of aromatic nitrogens is 3. The number of methoxy groups -OCH3 is 1. The first-order valence-electron chi connectivity index (χ1n) is 12.7. The first-order chi connectivity index (χ1) is 18.5. The maximum absolute atomic E-state index is 14.0. The van der Waals surface area contributed by atoms with Gasteiger partial charge in [-0.3, -0.25) is 9.59 Å². The number of ether oxygens (including phenoxy) is 2. The molecule has 0 bridgehead atoms. The van der Waals surface area contributed by atoms with Crippen molar-refractivity contribution in [3.8, 4) is 5.75 Å². The van der Waals surface area contributed by atoms with E-state index in [0.717, 1.165) is 23.9 Å². The first kappa shape index (κ1) is 25.5. The molecule has 10 nitrogen and oxygen atoms in total. The molecule has 38 heavy (non-hydrogen) atoms. The standard InChI is InChI=1S/C28H31N5O5/c1-19-13-14-25(38-19)27(28(35)29-16-21-9-7-15-37-21)32(17-20-8-3-6-12-24(20)36-2)26(34)18-33-23-11-5-4-10-22(23)30-31-33/h3-6,8,10-14,21,27H,7,9,15-18H2,1-2H3,(H,29,35)/t21-,27-/m0/s1. The number of aryl methyl sites for hydroxylation is 1. The lowest BCUT2D eigenvalue weighted by Crippen LogP contribution is -2.46. The summed E-state index contributed by atoms with van der Waals surface area (Å²) in [6.45, 7) is 2.86. The van der Waals surface area contributed by atoms with Crippen LogP contribution in [-0.2, 0) is 27.4 Å². The molecule has 0 radical (unpaired) electrons. The summed E-state index contributed by atoms with van der Waals surface area (Å²) in [4.78, 5) is 29.2. The summed E-state index contributed by atoms with van der Waals surface area (Å²) in [5.74, 6) is 0.966. The number of nitrogens with zero attached hydrogens (tertiary/aromatic N) is 4. The SMILES string of the molecule is COc1ccccc1CN(C(=O)Cn1nnc2ccccc21)[C@H](C(=O)NC[C@@H]1CCCO1)c1ccc(C)o1. The summed E-state index contributed by atoms with van der Waals surface area (Å²) in [6, 6.07) is 17.4. The Morgan fingerprint density at radius 1 is 1.16 bits per heavy atom. The number of hydrogen-bond acceptors (Lipinski definition) is 7. The van der Waals surface area contributed by atoms with Crippen molar-refractivity contribution < 1.29 is 23.5 Å². The van der Waals surface area contributed by atoms with Crippen LogP contribution in [-0.4, -0.2) is 58.1 Å². The van der Waals surface area contributed by atoms with E-state index in [-0.39, 0.29) is 31.0 Å². The zero-order chi connectivity index (χ0) is 26.5. The lowest BCUT2D eigenvalue weighted by atomic mass is 10.1. The summed E-state index contributed by atoms with van der Waals surface area (Å²) in [7, 11) is 1.58. The molecule has 198 valence electrons. The summed E-state index contributed by atoms with van der Waals surface area (Å²) in [5, 5.41) is 11.3. The van der Waals surface area contributed by atoms with Gasteiger partial charge in [0.25, 0.3) is 5.91 Å². The van der Waals surface area contributed by atoms with Gasteiger partial charge in [-0.2, -0.15) is 0 Å². The van der Waals surface area contributed by atoms with Gasteiger partial charge in [-0.05, 0) is 50.1 Å². The molecule has 3 heterocycles. The van der Waals surface area contributed by atoms with Crippen molar-refractivity contribution >= 4 is 22.8 Å². The predicted octanol–water partition coefficient (Wildman–Crippen LogP) is 3.41. The molecule has 1 N–H and O–H groups in total. The Morgan fingerprint density at radius 3 is 2.74 bits per heavy atom. The molecular weight excluding hydrogens is 486 g/mol. The van der Waals surface area contributed by atoms with Crippen LogP contribution in [0.2, 0.25) is 0 Å². The largest absolute Gasteiger partial charge is 0.496 e. The number of rotatable bonds is 10. The minimum atomic E-state index is -1.02. The molecule has 0 saturated carbocycles. The van der Waals surface area contributed by atoms with Crippen LogP contribution < -0.4 is 10.1 Å². The number of amides is 2. The molecule has 1 saturated heterocycles. The zero-order valence-electron chi connectivity index (χ0n) is 21.5. The van der Waals surface area contributed by atoms with Crippen molar-refractivity contribution in [1.82, 2.24) is 25.2 Å². The van der Waals surface area contributed by atoms with E-state index in [2.05, 4.69) is 15.6 Å². The monoisotopic (exact) mass is 517 g/mol. The van der Waals surface area contributed by atoms with E-state index in [1.807, 2.05) is 48.5 Å². The fraction of sp³-hybridized carbons (Fsp3) is 0.357. The van der Waals surface area contributed by atoms with Crippen molar-refractivity contribution in [2.45, 2.75) is 45.0 Å². The average molecular weight is 518 g/mol. The summed E-state index contributed by atoms with van der Waals surface area (Å²) in [5.41, 5.74) is 2.17. The number of benzene rings is 2. The van der Waals surface area contributed by atoms with Gasteiger partial charge in [-0.1, -0.05) is 35.5 Å². The molecule has 4 aromatic rings. The lowest BCUT2D eigenvalue weighted by molar-refractivity contribution is -0.143. The van der Waals surface area contributed by atoms with Crippen LogP contribution in [0.25, 0.3) is 11.0 Å². The van der Waals surface area contributed by atoms with Gasteiger partial charge in [0, 0.05) is 18.7 Å². The quantitative estimate of drug-likeness (QED) is 0.343. The topological polar surface area (TPSA) is 112 Å². The Labute approximate surface area is 220 Å². The van der Waals surface area contributed by atoms with Gasteiger partial charge >= 0.3 is 0 Å². The number of para-hydroxylation sites is 2. The maximum Gasteiger partial charge on any atom is 0.250 e. The van der Waals surface area contributed by atoms with Crippen LogP contribution >= 0.6 is 0 Å². The van der Waals surface area contributed by atoms with E-state index < -0.39 is 6.04 Å². The third-order valence-electron chi connectivity index (χ3n) is 6.68. The molecular formula is C28H31N5O5. The molecule has 2 aromatic heterocycles. The maximum atomic E-state index is 14.0. The number of carbonyl (C=O) groups is 2.